The van der Waals surface area contributed by atoms with Crippen molar-refractivity contribution in [3.05, 3.63) is 64.7 Å². The van der Waals surface area contributed by atoms with E-state index in [4.69, 9.17) is 16.7 Å². The van der Waals surface area contributed by atoms with Gasteiger partial charge in [0.2, 0.25) is 10.0 Å². The standard InChI is InChI=1S/C20H22ClNO4S/c21-17-8-10-18(11-9-17)27(25,26)22-19-7-3-6-16(19)12-14-4-1-2-5-15(14)13-20(23)24/h1-2,4-5,8-11,16,19,22H,3,6-7,12-13H2,(H,23,24). The molecule has 2 atom stereocenters. The molecule has 2 N–H and O–H groups in total. The fourth-order valence-corrected chi connectivity index (χ4v) is 5.16. The molecule has 1 saturated carbocycles. The maximum Gasteiger partial charge on any atom is 0.307 e. The average Bonchev–Trinajstić information content (AvgIpc) is 3.03. The van der Waals surface area contributed by atoms with Crippen molar-refractivity contribution < 1.29 is 18.3 Å². The first-order valence-electron chi connectivity index (χ1n) is 8.91. The molecule has 0 bridgehead atoms. The van der Waals surface area contributed by atoms with E-state index < -0.39 is 16.0 Å². The van der Waals surface area contributed by atoms with Crippen molar-refractivity contribution in [1.29, 1.82) is 0 Å². The van der Waals surface area contributed by atoms with Crippen LogP contribution in [-0.4, -0.2) is 25.5 Å². The van der Waals surface area contributed by atoms with Crippen molar-refractivity contribution in [2.75, 3.05) is 0 Å². The smallest absolute Gasteiger partial charge is 0.307 e. The lowest BCUT2D eigenvalue weighted by Crippen LogP contribution is -2.38. The summed E-state index contributed by atoms with van der Waals surface area (Å²) in [6, 6.07) is 13.4. The molecule has 0 aliphatic heterocycles. The van der Waals surface area contributed by atoms with Gasteiger partial charge in [-0.05, 0) is 60.6 Å². The second kappa shape index (κ2) is 8.42. The van der Waals surface area contributed by atoms with Crippen molar-refractivity contribution in [3.63, 3.8) is 0 Å². The highest BCUT2D eigenvalue weighted by Crippen LogP contribution is 2.31. The summed E-state index contributed by atoms with van der Waals surface area (Å²) in [7, 11) is -3.62. The number of hydrogen-bond donors (Lipinski definition) is 2. The van der Waals surface area contributed by atoms with Crippen LogP contribution < -0.4 is 4.72 Å². The maximum absolute atomic E-state index is 12.7. The van der Waals surface area contributed by atoms with E-state index in [2.05, 4.69) is 4.72 Å². The van der Waals surface area contributed by atoms with Crippen LogP contribution in [0.5, 0.6) is 0 Å². The van der Waals surface area contributed by atoms with Gasteiger partial charge in [0, 0.05) is 11.1 Å². The first-order valence-corrected chi connectivity index (χ1v) is 10.8. The normalized spacial score (nSPS) is 19.9. The maximum atomic E-state index is 12.7. The van der Waals surface area contributed by atoms with Gasteiger partial charge in [-0.2, -0.15) is 0 Å². The van der Waals surface area contributed by atoms with Gasteiger partial charge in [-0.15, -0.1) is 0 Å². The van der Waals surface area contributed by atoms with Crippen LogP contribution in [0.25, 0.3) is 0 Å². The third kappa shape index (κ3) is 5.09. The van der Waals surface area contributed by atoms with Crippen molar-refractivity contribution >= 4 is 27.6 Å². The zero-order chi connectivity index (χ0) is 19.4. The van der Waals surface area contributed by atoms with Gasteiger partial charge in [0.15, 0.2) is 0 Å². The average molecular weight is 408 g/mol. The molecule has 0 saturated heterocycles. The van der Waals surface area contributed by atoms with E-state index in [1.807, 2.05) is 24.3 Å². The summed E-state index contributed by atoms with van der Waals surface area (Å²) >= 11 is 5.84. The summed E-state index contributed by atoms with van der Waals surface area (Å²) in [5.74, 6) is -0.726. The third-order valence-corrected chi connectivity index (χ3v) is 6.79. The topological polar surface area (TPSA) is 83.5 Å². The van der Waals surface area contributed by atoms with Gasteiger partial charge in [-0.25, -0.2) is 13.1 Å². The Morgan fingerprint density at radius 3 is 2.41 bits per heavy atom. The highest BCUT2D eigenvalue weighted by atomic mass is 35.5. The molecule has 7 heteroatoms. The van der Waals surface area contributed by atoms with Crippen molar-refractivity contribution in [1.82, 2.24) is 4.72 Å². The summed E-state index contributed by atoms with van der Waals surface area (Å²) in [4.78, 5) is 11.3. The van der Waals surface area contributed by atoms with Crippen LogP contribution in [0.4, 0.5) is 0 Å². The zero-order valence-corrected chi connectivity index (χ0v) is 16.3. The summed E-state index contributed by atoms with van der Waals surface area (Å²) in [5.41, 5.74) is 1.76. The molecule has 0 radical (unpaired) electrons. The largest absolute Gasteiger partial charge is 0.481 e. The molecule has 1 aliphatic rings. The first-order chi connectivity index (χ1) is 12.8. The number of rotatable bonds is 7. The van der Waals surface area contributed by atoms with Crippen molar-refractivity contribution in [2.45, 2.75) is 43.0 Å². The highest BCUT2D eigenvalue weighted by molar-refractivity contribution is 7.89. The molecule has 3 rings (SSSR count). The van der Waals surface area contributed by atoms with Crippen molar-refractivity contribution in [2.24, 2.45) is 5.92 Å². The van der Waals surface area contributed by atoms with E-state index in [9.17, 15) is 13.2 Å². The Balaban J connectivity index is 1.74. The third-order valence-electron chi connectivity index (χ3n) is 5.03. The van der Waals surface area contributed by atoms with Crippen LogP contribution in [0.15, 0.2) is 53.4 Å². The molecule has 0 heterocycles. The van der Waals surface area contributed by atoms with E-state index in [-0.39, 0.29) is 23.3 Å². The molecule has 0 spiro atoms. The summed E-state index contributed by atoms with van der Waals surface area (Å²) in [5, 5.41) is 9.59. The van der Waals surface area contributed by atoms with Gasteiger partial charge in [0.1, 0.15) is 0 Å². The van der Waals surface area contributed by atoms with Crippen molar-refractivity contribution in [3.8, 4) is 0 Å². The number of carboxylic acid groups (broad SMARTS) is 1. The molecule has 2 aromatic rings. The Morgan fingerprint density at radius 1 is 1.07 bits per heavy atom. The minimum Gasteiger partial charge on any atom is -0.481 e. The van der Waals surface area contributed by atoms with Gasteiger partial charge in [-0.3, -0.25) is 4.79 Å². The van der Waals surface area contributed by atoms with Gasteiger partial charge >= 0.3 is 5.97 Å². The Hall–Kier alpha value is -1.89. The monoisotopic (exact) mass is 407 g/mol. The quantitative estimate of drug-likeness (QED) is 0.733. The molecule has 0 aromatic heterocycles. The SMILES string of the molecule is O=C(O)Cc1ccccc1CC1CCCC1NS(=O)(=O)c1ccc(Cl)cc1. The van der Waals surface area contributed by atoms with Crippen LogP contribution in [0.3, 0.4) is 0 Å². The number of carbonyl (C=O) groups is 1. The molecule has 144 valence electrons. The number of sulfonamides is 1. The minimum absolute atomic E-state index is 0.0237. The highest BCUT2D eigenvalue weighted by Gasteiger charge is 2.31. The predicted octanol–water partition coefficient (Wildman–Crippen LogP) is 3.66. The fraction of sp³-hybridized carbons (Fsp3) is 0.350. The van der Waals surface area contributed by atoms with E-state index in [0.29, 0.717) is 11.4 Å². The van der Waals surface area contributed by atoms with E-state index in [0.717, 1.165) is 30.4 Å². The lowest BCUT2D eigenvalue weighted by atomic mass is 9.91. The molecular weight excluding hydrogens is 386 g/mol. The molecule has 1 aliphatic carbocycles. The Kier molecular flexibility index (Phi) is 6.19. The molecule has 1 fully saturated rings. The molecular formula is C20H22ClNO4S. The van der Waals surface area contributed by atoms with E-state index in [1.165, 1.54) is 12.1 Å². The Morgan fingerprint density at radius 2 is 1.74 bits per heavy atom. The summed E-state index contributed by atoms with van der Waals surface area (Å²) < 4.78 is 28.2. The number of halogens is 1. The number of benzene rings is 2. The van der Waals surface area contributed by atoms with E-state index in [1.54, 1.807) is 12.1 Å². The number of nitrogens with one attached hydrogen (secondary N) is 1. The van der Waals surface area contributed by atoms with Crippen LogP contribution >= 0.6 is 11.6 Å². The Labute approximate surface area is 164 Å². The second-order valence-electron chi connectivity index (χ2n) is 6.92. The fourth-order valence-electron chi connectivity index (χ4n) is 3.69. The Bertz CT molecular complexity index is 912. The second-order valence-corrected chi connectivity index (χ2v) is 9.07. The lowest BCUT2D eigenvalue weighted by Gasteiger charge is -2.22. The van der Waals surface area contributed by atoms with Gasteiger partial charge in [0.05, 0.1) is 11.3 Å². The number of aliphatic carboxylic acids is 1. The predicted molar refractivity (Wildman–Crippen MR) is 104 cm³/mol. The van der Waals surface area contributed by atoms with Crippen LogP contribution in [-0.2, 0) is 27.7 Å². The molecule has 0 amide bonds. The zero-order valence-electron chi connectivity index (χ0n) is 14.8. The number of carboxylic acids is 1. The van der Waals surface area contributed by atoms with Gasteiger partial charge in [0.25, 0.3) is 0 Å². The summed E-state index contributed by atoms with van der Waals surface area (Å²) in [6.07, 6.45) is 3.27. The van der Waals surface area contributed by atoms with Gasteiger partial charge < -0.3 is 5.11 Å². The van der Waals surface area contributed by atoms with E-state index >= 15 is 0 Å². The van der Waals surface area contributed by atoms with Crippen LogP contribution in [0.1, 0.15) is 30.4 Å². The molecule has 5 nitrogen and oxygen atoms in total. The van der Waals surface area contributed by atoms with Crippen LogP contribution in [0.2, 0.25) is 5.02 Å². The first kappa shape index (κ1) is 19.9. The molecule has 2 unspecified atom stereocenters. The summed E-state index contributed by atoms with van der Waals surface area (Å²) in [6.45, 7) is 0. The van der Waals surface area contributed by atoms with Gasteiger partial charge in [-0.1, -0.05) is 42.3 Å². The lowest BCUT2D eigenvalue weighted by molar-refractivity contribution is -0.136. The van der Waals surface area contributed by atoms with Crippen LogP contribution in [0, 0.1) is 5.92 Å². The molecule has 27 heavy (non-hydrogen) atoms. The number of hydrogen-bond acceptors (Lipinski definition) is 3. The molecule has 2 aromatic carbocycles. The minimum atomic E-state index is -3.62.